The second-order valence-corrected chi connectivity index (χ2v) is 8.95. The molecule has 4 aromatic heterocycles. The molecule has 33 heavy (non-hydrogen) atoms. The number of rotatable bonds is 5. The zero-order valence-electron chi connectivity index (χ0n) is 19.1. The minimum absolute atomic E-state index is 0.400. The minimum atomic E-state index is -0.703. The van der Waals surface area contributed by atoms with Crippen LogP contribution in [0.4, 0.5) is 0 Å². The van der Waals surface area contributed by atoms with Gasteiger partial charge in [-0.25, -0.2) is 4.52 Å². The molecule has 1 aliphatic heterocycles. The number of hydrogen-bond donors (Lipinski definition) is 1. The molecule has 0 saturated carbocycles. The summed E-state index contributed by atoms with van der Waals surface area (Å²) < 4.78 is 10.4. The van der Waals surface area contributed by atoms with Crippen molar-refractivity contribution in [3.8, 4) is 22.9 Å². The van der Waals surface area contributed by atoms with E-state index in [1.807, 2.05) is 50.5 Å². The van der Waals surface area contributed by atoms with E-state index in [9.17, 15) is 5.26 Å². The lowest BCUT2D eigenvalue weighted by molar-refractivity contribution is 0.105. The van der Waals surface area contributed by atoms with E-state index >= 15 is 0 Å². The fourth-order valence-corrected chi connectivity index (χ4v) is 4.56. The summed E-state index contributed by atoms with van der Waals surface area (Å²) in [5.74, 6) is 0.589. The van der Waals surface area contributed by atoms with Crippen LogP contribution in [-0.2, 0) is 5.60 Å². The van der Waals surface area contributed by atoms with Crippen molar-refractivity contribution in [2.24, 2.45) is 0 Å². The van der Waals surface area contributed by atoms with Crippen molar-refractivity contribution in [1.82, 2.24) is 29.7 Å². The second-order valence-electron chi connectivity index (χ2n) is 8.95. The Labute approximate surface area is 192 Å². The van der Waals surface area contributed by atoms with Crippen LogP contribution in [0.15, 0.2) is 49.1 Å². The smallest absolute Gasteiger partial charge is 0.148 e. The highest BCUT2D eigenvalue weighted by molar-refractivity contribution is 5.76. The highest BCUT2D eigenvalue weighted by Crippen LogP contribution is 2.36. The van der Waals surface area contributed by atoms with Crippen LogP contribution in [0.5, 0.6) is 5.75 Å². The highest BCUT2D eigenvalue weighted by Gasteiger charge is 2.27. The molecular formula is C25H27N7O. The third-order valence-corrected chi connectivity index (χ3v) is 6.35. The summed E-state index contributed by atoms with van der Waals surface area (Å²) in [4.78, 5) is 4.48. The van der Waals surface area contributed by atoms with E-state index in [1.54, 1.807) is 16.9 Å². The van der Waals surface area contributed by atoms with Gasteiger partial charge in [-0.3, -0.25) is 9.67 Å². The summed E-state index contributed by atoms with van der Waals surface area (Å²) in [6, 6.07) is 10.4. The first-order valence-corrected chi connectivity index (χ1v) is 11.2. The van der Waals surface area contributed by atoms with Crippen molar-refractivity contribution in [2.45, 2.75) is 45.3 Å². The molecule has 0 atom stereocenters. The van der Waals surface area contributed by atoms with Gasteiger partial charge in [0.15, 0.2) is 0 Å². The predicted octanol–water partition coefficient (Wildman–Crippen LogP) is 4.01. The van der Waals surface area contributed by atoms with Gasteiger partial charge in [-0.05, 0) is 64.9 Å². The Morgan fingerprint density at radius 2 is 2.00 bits per heavy atom. The lowest BCUT2D eigenvalue weighted by Crippen LogP contribution is -2.30. The van der Waals surface area contributed by atoms with E-state index in [0.29, 0.717) is 22.9 Å². The van der Waals surface area contributed by atoms with Crippen LogP contribution in [0.3, 0.4) is 0 Å². The zero-order chi connectivity index (χ0) is 23.0. The molecule has 168 valence electrons. The third kappa shape index (κ3) is 3.85. The van der Waals surface area contributed by atoms with Crippen LogP contribution in [0.2, 0.25) is 0 Å². The average Bonchev–Trinajstić information content (AvgIpc) is 3.43. The number of fused-ring (bicyclic) bond motifs is 1. The van der Waals surface area contributed by atoms with Crippen molar-refractivity contribution >= 4 is 5.52 Å². The van der Waals surface area contributed by atoms with Crippen LogP contribution >= 0.6 is 0 Å². The zero-order valence-corrected chi connectivity index (χ0v) is 19.1. The highest BCUT2D eigenvalue weighted by atomic mass is 16.5. The molecule has 1 saturated heterocycles. The molecule has 1 N–H and O–H groups in total. The monoisotopic (exact) mass is 441 g/mol. The van der Waals surface area contributed by atoms with Crippen molar-refractivity contribution in [1.29, 1.82) is 5.26 Å². The number of hydrogen-bond acceptors (Lipinski definition) is 6. The molecule has 8 nitrogen and oxygen atoms in total. The minimum Gasteiger partial charge on any atom is -0.479 e. The van der Waals surface area contributed by atoms with Gasteiger partial charge in [-0.1, -0.05) is 6.07 Å². The van der Waals surface area contributed by atoms with Gasteiger partial charge in [-0.15, -0.1) is 0 Å². The van der Waals surface area contributed by atoms with Crippen LogP contribution in [0.25, 0.3) is 16.6 Å². The number of nitriles is 1. The molecule has 5 rings (SSSR count). The van der Waals surface area contributed by atoms with Gasteiger partial charge in [0, 0.05) is 29.2 Å². The first kappa shape index (κ1) is 21.2. The van der Waals surface area contributed by atoms with Crippen LogP contribution in [0.1, 0.15) is 49.7 Å². The lowest BCUT2D eigenvalue weighted by atomic mass is 10.0. The Morgan fingerprint density at radius 3 is 2.73 bits per heavy atom. The Balaban J connectivity index is 1.60. The van der Waals surface area contributed by atoms with Crippen LogP contribution in [-0.4, -0.2) is 37.5 Å². The average molecular weight is 442 g/mol. The normalized spacial score (nSPS) is 15.0. The van der Waals surface area contributed by atoms with E-state index in [-0.39, 0.29) is 0 Å². The summed E-state index contributed by atoms with van der Waals surface area (Å²) in [7, 11) is 0. The number of nitrogens with one attached hydrogen (secondary N) is 1. The number of pyridine rings is 2. The first-order valence-electron chi connectivity index (χ1n) is 11.2. The Morgan fingerprint density at radius 1 is 1.18 bits per heavy atom. The molecule has 0 aromatic carbocycles. The van der Waals surface area contributed by atoms with E-state index in [4.69, 9.17) is 9.84 Å². The number of ether oxygens (including phenoxy) is 1. The van der Waals surface area contributed by atoms with Crippen molar-refractivity contribution < 1.29 is 4.74 Å². The Kier molecular flexibility index (Phi) is 5.35. The molecule has 0 unspecified atom stereocenters. The molecule has 0 aliphatic carbocycles. The first-order chi connectivity index (χ1) is 16.0. The molecule has 1 fully saturated rings. The maximum atomic E-state index is 9.65. The van der Waals surface area contributed by atoms with Gasteiger partial charge in [0.05, 0.1) is 24.1 Å². The molecule has 5 heterocycles. The van der Waals surface area contributed by atoms with Gasteiger partial charge in [0.1, 0.15) is 28.5 Å². The topological polar surface area (TPSA) is 93.1 Å². The summed E-state index contributed by atoms with van der Waals surface area (Å²) >= 11 is 0. The maximum Gasteiger partial charge on any atom is 0.148 e. The van der Waals surface area contributed by atoms with E-state index in [1.165, 1.54) is 0 Å². The third-order valence-electron chi connectivity index (χ3n) is 6.35. The molecular weight excluding hydrogens is 414 g/mol. The maximum absolute atomic E-state index is 9.65. The molecule has 0 amide bonds. The second kappa shape index (κ2) is 8.34. The van der Waals surface area contributed by atoms with Crippen LogP contribution < -0.4 is 10.1 Å². The lowest BCUT2D eigenvalue weighted by Gasteiger charge is -2.26. The number of nitrogens with zero attached hydrogens (tertiary/aromatic N) is 6. The number of aromatic nitrogens is 5. The molecule has 1 aliphatic rings. The summed E-state index contributed by atoms with van der Waals surface area (Å²) in [5, 5.41) is 22.2. The number of piperidine rings is 1. The van der Waals surface area contributed by atoms with Gasteiger partial charge >= 0.3 is 0 Å². The summed E-state index contributed by atoms with van der Waals surface area (Å²) in [6.45, 7) is 8.07. The molecule has 8 heteroatoms. The van der Waals surface area contributed by atoms with Crippen molar-refractivity contribution in [3.05, 3.63) is 66.0 Å². The quantitative estimate of drug-likeness (QED) is 0.503. The Bertz CT molecular complexity index is 1320. The summed E-state index contributed by atoms with van der Waals surface area (Å²) in [6.07, 6.45) is 9.32. The molecule has 4 aromatic rings. The standard InChI is InChI=1S/C25H27N7O/c1-17-21(15-30-32(17)20-7-10-27-11-8-20)18-12-22(24-19(13-26)14-29-31(24)16-18)33-25(2,3)23-6-4-5-9-28-23/h4-6,9,12,14-16,20,27H,7-8,10-11H2,1-3H3. The van der Waals surface area contributed by atoms with E-state index < -0.39 is 5.60 Å². The van der Waals surface area contributed by atoms with Gasteiger partial charge in [0.2, 0.25) is 0 Å². The SMILES string of the molecule is Cc1c(-c2cc(OC(C)(C)c3ccccn3)c3c(C#N)cnn3c2)cnn1C1CCNCC1. The molecule has 0 bridgehead atoms. The van der Waals surface area contributed by atoms with Gasteiger partial charge in [0.25, 0.3) is 0 Å². The van der Waals surface area contributed by atoms with Crippen molar-refractivity contribution in [3.63, 3.8) is 0 Å². The fraction of sp³-hybridized carbons (Fsp3) is 0.360. The van der Waals surface area contributed by atoms with E-state index in [2.05, 4.69) is 33.1 Å². The molecule has 0 radical (unpaired) electrons. The molecule has 0 spiro atoms. The Hall–Kier alpha value is -3.70. The largest absolute Gasteiger partial charge is 0.479 e. The summed E-state index contributed by atoms with van der Waals surface area (Å²) in [5.41, 5.74) is 4.31. The predicted molar refractivity (Wildman–Crippen MR) is 125 cm³/mol. The van der Waals surface area contributed by atoms with E-state index in [0.717, 1.165) is 48.4 Å². The fourth-order valence-electron chi connectivity index (χ4n) is 4.56. The van der Waals surface area contributed by atoms with Gasteiger partial charge < -0.3 is 10.1 Å². The van der Waals surface area contributed by atoms with Crippen LogP contribution in [0, 0.1) is 18.3 Å². The van der Waals surface area contributed by atoms with Gasteiger partial charge in [-0.2, -0.15) is 15.5 Å². The van der Waals surface area contributed by atoms with Crippen molar-refractivity contribution in [2.75, 3.05) is 13.1 Å².